The van der Waals surface area contributed by atoms with Crippen LogP contribution in [0.3, 0.4) is 0 Å². The molecule has 0 aromatic carbocycles. The molecule has 2 atom stereocenters. The van der Waals surface area contributed by atoms with E-state index in [2.05, 4.69) is 69.9 Å². The minimum absolute atomic E-state index is 0.479. The van der Waals surface area contributed by atoms with Gasteiger partial charge in [-0.3, -0.25) is 0 Å². The third-order valence-corrected chi connectivity index (χ3v) is 7.23. The highest BCUT2D eigenvalue weighted by Crippen LogP contribution is 2.14. The molecule has 2 unspecified atom stereocenters. The van der Waals surface area contributed by atoms with Gasteiger partial charge in [-0.15, -0.1) is 13.2 Å². The maximum atomic E-state index is 3.95. The first kappa shape index (κ1) is 14.9. The lowest BCUT2D eigenvalue weighted by molar-refractivity contribution is 0.706. The first-order chi connectivity index (χ1) is 6.62. The van der Waals surface area contributed by atoms with Gasteiger partial charge in [0.2, 0.25) is 0 Å². The van der Waals surface area contributed by atoms with Gasteiger partial charge in [0.15, 0.2) is 0 Å². The van der Waals surface area contributed by atoms with Crippen LogP contribution in [0.25, 0.3) is 0 Å². The molecule has 0 amide bonds. The first-order valence-electron chi connectivity index (χ1n) is 5.64. The maximum absolute atomic E-state index is 3.95. The Labute approximate surface area is 97.7 Å². The van der Waals surface area contributed by atoms with Crippen LogP contribution in [0.15, 0.2) is 25.3 Å². The molecule has 88 valence electrons. The molecule has 0 aromatic heterocycles. The summed E-state index contributed by atoms with van der Waals surface area (Å²) < 4.78 is 0. The second-order valence-electron chi connectivity index (χ2n) is 6.33. The minimum atomic E-state index is -1.20. The van der Waals surface area contributed by atoms with E-state index in [1.54, 1.807) is 0 Å². The Hall–Kier alpha value is -0.126. The molecule has 0 aliphatic carbocycles. The molecule has 0 aliphatic heterocycles. The largest absolute Gasteiger partial charge is 0.310 e. The zero-order valence-corrected chi connectivity index (χ0v) is 13.2. The van der Waals surface area contributed by atoms with Crippen molar-refractivity contribution < 1.29 is 0 Å². The number of nitrogens with one attached hydrogen (secondary N) is 1. The van der Waals surface area contributed by atoms with Crippen molar-refractivity contribution in [1.82, 2.24) is 5.32 Å². The van der Waals surface area contributed by atoms with Gasteiger partial charge in [-0.2, -0.15) is 0 Å². The average molecular weight is 242 g/mol. The summed E-state index contributed by atoms with van der Waals surface area (Å²) in [5.74, 6) is 0. The monoisotopic (exact) mass is 241 g/mol. The highest BCUT2D eigenvalue weighted by atomic mass is 28.3. The lowest BCUT2D eigenvalue weighted by atomic mass is 10.5. The van der Waals surface area contributed by atoms with Crippen LogP contribution >= 0.6 is 0 Å². The Bertz CT molecular complexity index is 199. The molecular weight excluding hydrogens is 214 g/mol. The van der Waals surface area contributed by atoms with E-state index in [1.165, 1.54) is 0 Å². The standard InChI is InChI=1S/C12H27NSi2/c1-9-11(14(3,4)5)13-12(10-2)15(6,7)8/h9-13H,1-2H2,3-8H3. The van der Waals surface area contributed by atoms with Crippen LogP contribution in [0.4, 0.5) is 0 Å². The SMILES string of the molecule is C=CC(NC(C=C)[Si](C)(C)C)[Si](C)(C)C. The highest BCUT2D eigenvalue weighted by molar-refractivity contribution is 6.79. The fourth-order valence-electron chi connectivity index (χ4n) is 1.54. The number of hydrogen-bond acceptors (Lipinski definition) is 1. The van der Waals surface area contributed by atoms with Crippen molar-refractivity contribution in [3.05, 3.63) is 25.3 Å². The van der Waals surface area contributed by atoms with Crippen LogP contribution in [0, 0.1) is 0 Å². The summed E-state index contributed by atoms with van der Waals surface area (Å²) in [5, 5.41) is 3.72. The Kier molecular flexibility index (Phi) is 5.23. The third kappa shape index (κ3) is 4.95. The number of rotatable bonds is 6. The molecule has 0 bridgehead atoms. The van der Waals surface area contributed by atoms with E-state index >= 15 is 0 Å². The summed E-state index contributed by atoms with van der Waals surface area (Å²) in [6.45, 7) is 22.1. The van der Waals surface area contributed by atoms with Crippen molar-refractivity contribution >= 4 is 16.1 Å². The smallest absolute Gasteiger partial charge is 0.0683 e. The number of hydrogen-bond donors (Lipinski definition) is 1. The molecule has 3 heteroatoms. The van der Waals surface area contributed by atoms with E-state index in [0.717, 1.165) is 0 Å². The summed E-state index contributed by atoms with van der Waals surface area (Å²) in [5.41, 5.74) is 0.958. The Balaban J connectivity index is 4.67. The maximum Gasteiger partial charge on any atom is 0.0683 e. The van der Waals surface area contributed by atoms with Crippen LogP contribution in [-0.4, -0.2) is 27.5 Å². The van der Waals surface area contributed by atoms with Gasteiger partial charge in [0, 0.05) is 11.3 Å². The zero-order chi connectivity index (χ0) is 12.3. The molecule has 0 radical (unpaired) electrons. The molecule has 0 rings (SSSR count). The predicted molar refractivity (Wildman–Crippen MR) is 77.8 cm³/mol. The molecule has 0 saturated carbocycles. The van der Waals surface area contributed by atoms with Gasteiger partial charge in [-0.25, -0.2) is 0 Å². The molecule has 0 saturated heterocycles. The lowest BCUT2D eigenvalue weighted by Crippen LogP contribution is -2.57. The van der Waals surface area contributed by atoms with Crippen molar-refractivity contribution in [1.29, 1.82) is 0 Å². The summed E-state index contributed by atoms with van der Waals surface area (Å²) in [4.78, 5) is 0. The fourth-order valence-corrected chi connectivity index (χ4v) is 4.48. The Morgan fingerprint density at radius 3 is 1.20 bits per heavy atom. The highest BCUT2D eigenvalue weighted by Gasteiger charge is 2.30. The van der Waals surface area contributed by atoms with Crippen molar-refractivity contribution in [2.45, 2.75) is 50.6 Å². The Morgan fingerprint density at radius 2 is 1.07 bits per heavy atom. The van der Waals surface area contributed by atoms with Gasteiger partial charge in [0.25, 0.3) is 0 Å². The summed E-state index contributed by atoms with van der Waals surface area (Å²) in [6.07, 6.45) is 4.14. The van der Waals surface area contributed by atoms with E-state index in [-0.39, 0.29) is 0 Å². The average Bonchev–Trinajstić information content (AvgIpc) is 2.01. The Morgan fingerprint density at radius 1 is 0.800 bits per heavy atom. The molecule has 0 aromatic rings. The first-order valence-corrected chi connectivity index (χ1v) is 12.8. The van der Waals surface area contributed by atoms with Gasteiger partial charge >= 0.3 is 0 Å². The van der Waals surface area contributed by atoms with Crippen molar-refractivity contribution in [2.24, 2.45) is 0 Å². The quantitative estimate of drug-likeness (QED) is 0.555. The van der Waals surface area contributed by atoms with Crippen molar-refractivity contribution in [3.8, 4) is 0 Å². The van der Waals surface area contributed by atoms with E-state index in [9.17, 15) is 0 Å². The summed E-state index contributed by atoms with van der Waals surface area (Å²) >= 11 is 0. The van der Waals surface area contributed by atoms with E-state index < -0.39 is 16.1 Å². The molecule has 15 heavy (non-hydrogen) atoms. The third-order valence-electron chi connectivity index (χ3n) is 2.70. The predicted octanol–water partition coefficient (Wildman–Crippen LogP) is 3.44. The molecule has 1 N–H and O–H groups in total. The van der Waals surface area contributed by atoms with Crippen molar-refractivity contribution in [2.75, 3.05) is 0 Å². The summed E-state index contributed by atoms with van der Waals surface area (Å²) in [7, 11) is -2.40. The van der Waals surface area contributed by atoms with E-state index in [1.807, 2.05) is 0 Å². The van der Waals surface area contributed by atoms with Gasteiger partial charge in [0.05, 0.1) is 16.1 Å². The second-order valence-corrected chi connectivity index (χ2v) is 17.0. The molecule has 0 heterocycles. The molecule has 0 aliphatic rings. The molecule has 0 spiro atoms. The fraction of sp³-hybridized carbons (Fsp3) is 0.667. The van der Waals surface area contributed by atoms with Crippen LogP contribution < -0.4 is 5.32 Å². The zero-order valence-electron chi connectivity index (χ0n) is 11.2. The van der Waals surface area contributed by atoms with Gasteiger partial charge in [0.1, 0.15) is 0 Å². The second kappa shape index (κ2) is 5.28. The van der Waals surface area contributed by atoms with Crippen LogP contribution in [0.5, 0.6) is 0 Å². The van der Waals surface area contributed by atoms with Gasteiger partial charge in [-0.05, 0) is 0 Å². The van der Waals surface area contributed by atoms with E-state index in [4.69, 9.17) is 0 Å². The van der Waals surface area contributed by atoms with Crippen molar-refractivity contribution in [3.63, 3.8) is 0 Å². The molecule has 0 fully saturated rings. The normalized spacial score (nSPS) is 16.9. The van der Waals surface area contributed by atoms with Crippen LogP contribution in [0.2, 0.25) is 39.3 Å². The van der Waals surface area contributed by atoms with Crippen LogP contribution in [0.1, 0.15) is 0 Å². The topological polar surface area (TPSA) is 12.0 Å². The van der Waals surface area contributed by atoms with E-state index in [0.29, 0.717) is 11.3 Å². The molecular formula is C12H27NSi2. The minimum Gasteiger partial charge on any atom is -0.310 e. The van der Waals surface area contributed by atoms with Crippen LogP contribution in [-0.2, 0) is 0 Å². The molecule has 1 nitrogen and oxygen atoms in total. The van der Waals surface area contributed by atoms with Gasteiger partial charge < -0.3 is 5.32 Å². The lowest BCUT2D eigenvalue weighted by Gasteiger charge is -2.35. The summed E-state index contributed by atoms with van der Waals surface area (Å²) in [6, 6.07) is 0. The van der Waals surface area contributed by atoms with Gasteiger partial charge in [-0.1, -0.05) is 51.4 Å².